The summed E-state index contributed by atoms with van der Waals surface area (Å²) in [7, 11) is -1.77. The molecule has 3 rings (SSSR count). The number of hydrogen-bond donors (Lipinski definition) is 0. The number of rotatable bonds is 4. The first-order chi connectivity index (χ1) is 11.2. The van der Waals surface area contributed by atoms with Crippen molar-refractivity contribution in [2.45, 2.75) is 13.8 Å². The van der Waals surface area contributed by atoms with Crippen LogP contribution in [0, 0.1) is 0 Å². The molecule has 0 heterocycles. The van der Waals surface area contributed by atoms with E-state index in [1.165, 1.54) is 21.5 Å². The minimum atomic E-state index is -1.77. The zero-order chi connectivity index (χ0) is 16.1. The van der Waals surface area contributed by atoms with Crippen molar-refractivity contribution in [2.24, 2.45) is 0 Å². The maximum Gasteiger partial charge on any atom is 0.136 e. The van der Waals surface area contributed by atoms with Crippen LogP contribution in [0.2, 0.25) is 0 Å². The molecule has 0 spiro atoms. The van der Waals surface area contributed by atoms with Crippen LogP contribution in [-0.4, -0.2) is 0 Å². The summed E-state index contributed by atoms with van der Waals surface area (Å²) < 4.78 is 0. The van der Waals surface area contributed by atoms with E-state index in [-0.39, 0.29) is 17.0 Å². The van der Waals surface area contributed by atoms with Crippen LogP contribution in [0.15, 0.2) is 102 Å². The van der Waals surface area contributed by atoms with E-state index in [1.807, 2.05) is 0 Å². The average Bonchev–Trinajstić information content (AvgIpc) is 2.62. The first kappa shape index (κ1) is 18.6. The Labute approximate surface area is 156 Å². The summed E-state index contributed by atoms with van der Waals surface area (Å²) in [5.74, 6) is 2.49. The molecule has 2 heteroatoms. The molecule has 122 valence electrons. The van der Waals surface area contributed by atoms with Crippen molar-refractivity contribution in [1.29, 1.82) is 0 Å². The SMILES string of the molecule is CC(C)=C[P+](c1ccccc1)(c1ccccc1)c1ccccc1.[Br-]. The Balaban J connectivity index is 0.00000208. The van der Waals surface area contributed by atoms with Crippen molar-refractivity contribution in [1.82, 2.24) is 0 Å². The molecule has 0 N–H and O–H groups in total. The first-order valence-corrected chi connectivity index (χ1v) is 9.81. The summed E-state index contributed by atoms with van der Waals surface area (Å²) >= 11 is 0. The van der Waals surface area contributed by atoms with Gasteiger partial charge in [0, 0.05) is 0 Å². The van der Waals surface area contributed by atoms with Crippen molar-refractivity contribution in [2.75, 3.05) is 0 Å². The predicted octanol–water partition coefficient (Wildman–Crippen LogP) is 1.91. The van der Waals surface area contributed by atoms with Crippen molar-refractivity contribution in [3.05, 3.63) is 102 Å². The molecule has 0 saturated heterocycles. The highest BCUT2D eigenvalue weighted by atomic mass is 79.9. The molecule has 0 aromatic heterocycles. The molecular weight excluding hydrogens is 375 g/mol. The lowest BCUT2D eigenvalue weighted by molar-refractivity contribution is -0.00000462. The zero-order valence-electron chi connectivity index (χ0n) is 14.1. The van der Waals surface area contributed by atoms with Crippen LogP contribution in [-0.2, 0) is 0 Å². The van der Waals surface area contributed by atoms with Gasteiger partial charge in [-0.25, -0.2) is 0 Å². The number of hydrogen-bond acceptors (Lipinski definition) is 0. The van der Waals surface area contributed by atoms with E-state index in [4.69, 9.17) is 0 Å². The second-order valence-corrected chi connectivity index (χ2v) is 9.19. The number of allylic oxidation sites excluding steroid dienone is 1. The van der Waals surface area contributed by atoms with Gasteiger partial charge in [-0.2, -0.15) is 0 Å². The molecule has 0 amide bonds. The molecule has 3 aromatic carbocycles. The highest BCUT2D eigenvalue weighted by Crippen LogP contribution is 2.57. The molecule has 0 nitrogen and oxygen atoms in total. The second-order valence-electron chi connectivity index (χ2n) is 5.94. The maximum absolute atomic E-state index is 2.49. The number of benzene rings is 3. The lowest BCUT2D eigenvalue weighted by Gasteiger charge is -2.24. The summed E-state index contributed by atoms with van der Waals surface area (Å²) in [4.78, 5) is 0. The van der Waals surface area contributed by atoms with Gasteiger partial charge >= 0.3 is 0 Å². The molecule has 3 aromatic rings. The average molecular weight is 397 g/mol. The van der Waals surface area contributed by atoms with Crippen LogP contribution in [0.4, 0.5) is 0 Å². The Morgan fingerprint density at radius 1 is 0.583 bits per heavy atom. The third-order valence-electron chi connectivity index (χ3n) is 3.94. The van der Waals surface area contributed by atoms with E-state index in [2.05, 4.69) is 111 Å². The lowest BCUT2D eigenvalue weighted by atomic mass is 10.3. The van der Waals surface area contributed by atoms with Gasteiger partial charge in [0.05, 0.1) is 5.82 Å². The van der Waals surface area contributed by atoms with Crippen LogP contribution < -0.4 is 32.9 Å². The van der Waals surface area contributed by atoms with Crippen molar-refractivity contribution in [3.8, 4) is 0 Å². The monoisotopic (exact) mass is 396 g/mol. The Bertz CT molecular complexity index is 679. The van der Waals surface area contributed by atoms with E-state index in [9.17, 15) is 0 Å². The summed E-state index contributed by atoms with van der Waals surface area (Å²) in [6, 6.07) is 32.8. The minimum absolute atomic E-state index is 0. The van der Waals surface area contributed by atoms with Crippen LogP contribution in [0.5, 0.6) is 0 Å². The van der Waals surface area contributed by atoms with Gasteiger partial charge in [-0.3, -0.25) is 0 Å². The normalized spacial score (nSPS) is 10.6. The van der Waals surface area contributed by atoms with Crippen LogP contribution in [0.1, 0.15) is 13.8 Å². The van der Waals surface area contributed by atoms with Crippen molar-refractivity contribution in [3.63, 3.8) is 0 Å². The van der Waals surface area contributed by atoms with Gasteiger partial charge in [-0.15, -0.1) is 0 Å². The Kier molecular flexibility index (Phi) is 6.54. The largest absolute Gasteiger partial charge is 1.00 e. The molecular formula is C22H22BrP. The van der Waals surface area contributed by atoms with E-state index in [0.29, 0.717) is 0 Å². The Hall–Kier alpha value is -1.69. The van der Waals surface area contributed by atoms with Crippen molar-refractivity contribution >= 4 is 23.2 Å². The summed E-state index contributed by atoms with van der Waals surface area (Å²) in [6.45, 7) is 4.40. The standard InChI is InChI=1S/C22H22P.BrH/c1-19(2)18-23(20-12-6-3-7-13-20,21-14-8-4-9-15-21)22-16-10-5-11-17-22;/h3-18H,1-2H3;1H/q+1;/p-1. The summed E-state index contributed by atoms with van der Waals surface area (Å²) in [6.07, 6.45) is 0. The highest BCUT2D eigenvalue weighted by Gasteiger charge is 2.43. The van der Waals surface area contributed by atoms with E-state index < -0.39 is 7.26 Å². The lowest BCUT2D eigenvalue weighted by Crippen LogP contribution is -3.00. The second kappa shape index (κ2) is 8.42. The van der Waals surface area contributed by atoms with E-state index >= 15 is 0 Å². The topological polar surface area (TPSA) is 0 Å². The van der Waals surface area contributed by atoms with Gasteiger partial charge in [0.2, 0.25) is 0 Å². The molecule has 0 radical (unpaired) electrons. The molecule has 0 aliphatic rings. The Morgan fingerprint density at radius 3 is 1.12 bits per heavy atom. The third-order valence-corrected chi connectivity index (χ3v) is 8.18. The molecule has 0 aliphatic carbocycles. The molecule has 0 atom stereocenters. The fourth-order valence-corrected chi connectivity index (χ4v) is 7.09. The van der Waals surface area contributed by atoms with E-state index in [0.717, 1.165) is 0 Å². The molecule has 0 bridgehead atoms. The molecule has 0 fully saturated rings. The van der Waals surface area contributed by atoms with Crippen molar-refractivity contribution < 1.29 is 17.0 Å². The fourth-order valence-electron chi connectivity index (χ4n) is 3.05. The predicted molar refractivity (Wildman–Crippen MR) is 105 cm³/mol. The van der Waals surface area contributed by atoms with Crippen LogP contribution in [0.25, 0.3) is 0 Å². The third kappa shape index (κ3) is 3.69. The molecule has 0 aliphatic heterocycles. The molecule has 0 saturated carbocycles. The van der Waals surface area contributed by atoms with Gasteiger partial charge in [0.1, 0.15) is 23.2 Å². The van der Waals surface area contributed by atoms with Gasteiger partial charge in [0.15, 0.2) is 0 Å². The van der Waals surface area contributed by atoms with Gasteiger partial charge in [-0.1, -0.05) is 54.6 Å². The zero-order valence-corrected chi connectivity index (χ0v) is 16.5. The summed E-state index contributed by atoms with van der Waals surface area (Å²) in [5.41, 5.74) is 1.36. The highest BCUT2D eigenvalue weighted by molar-refractivity contribution is 7.98. The minimum Gasteiger partial charge on any atom is -1.00 e. The van der Waals surface area contributed by atoms with Crippen LogP contribution >= 0.6 is 7.26 Å². The smallest absolute Gasteiger partial charge is 0.136 e. The summed E-state index contributed by atoms with van der Waals surface area (Å²) in [5, 5.41) is 4.20. The van der Waals surface area contributed by atoms with Crippen LogP contribution in [0.3, 0.4) is 0 Å². The first-order valence-electron chi connectivity index (χ1n) is 7.95. The van der Waals surface area contributed by atoms with Gasteiger partial charge < -0.3 is 17.0 Å². The maximum atomic E-state index is 2.49. The van der Waals surface area contributed by atoms with Gasteiger partial charge in [-0.05, 0) is 55.8 Å². The fraction of sp³-hybridized carbons (Fsp3) is 0.0909. The Morgan fingerprint density at radius 2 is 0.875 bits per heavy atom. The number of halogens is 1. The quantitative estimate of drug-likeness (QED) is 0.591. The molecule has 24 heavy (non-hydrogen) atoms. The van der Waals surface area contributed by atoms with Gasteiger partial charge in [0.25, 0.3) is 0 Å². The molecule has 0 unspecified atom stereocenters. The van der Waals surface area contributed by atoms with E-state index in [1.54, 1.807) is 0 Å².